The van der Waals surface area contributed by atoms with E-state index >= 15 is 0 Å². The van der Waals surface area contributed by atoms with Gasteiger partial charge in [-0.15, -0.1) is 0 Å². The lowest BCUT2D eigenvalue weighted by Crippen LogP contribution is -2.06. The number of rotatable bonds is 6. The second kappa shape index (κ2) is 7.50. The average Bonchev–Trinajstić information content (AvgIpc) is 2.90. The lowest BCUT2D eigenvalue weighted by Gasteiger charge is -2.08. The topological polar surface area (TPSA) is 85.1 Å². The van der Waals surface area contributed by atoms with E-state index < -0.39 is 0 Å². The maximum absolute atomic E-state index is 8.78. The van der Waals surface area contributed by atoms with Crippen LogP contribution in [0.5, 0.6) is 0 Å². The predicted molar refractivity (Wildman–Crippen MR) is 93.1 cm³/mol. The summed E-state index contributed by atoms with van der Waals surface area (Å²) in [4.78, 5) is 12.7. The molecule has 0 atom stereocenters. The zero-order valence-corrected chi connectivity index (χ0v) is 14.5. The molecule has 0 aliphatic rings. The number of hydrogen-bond acceptors (Lipinski definition) is 6. The summed E-state index contributed by atoms with van der Waals surface area (Å²) >= 11 is 18.1. The summed E-state index contributed by atoms with van der Waals surface area (Å²) in [6, 6.07) is 5.01. The Kier molecular flexibility index (Phi) is 5.37. The first-order valence-corrected chi connectivity index (χ1v) is 8.00. The Bertz CT molecular complexity index is 851. The average molecular weight is 389 g/mol. The van der Waals surface area contributed by atoms with E-state index in [0.29, 0.717) is 26.9 Å². The highest BCUT2D eigenvalue weighted by Crippen LogP contribution is 2.26. The fourth-order valence-corrected chi connectivity index (χ4v) is 2.78. The lowest BCUT2D eigenvalue weighted by molar-refractivity contribution is 0.0499. The Hall–Kier alpha value is -1.64. The summed E-state index contributed by atoms with van der Waals surface area (Å²) in [5, 5.41) is 13.0. The molecule has 2 aromatic heterocycles. The molecule has 0 saturated heterocycles. The summed E-state index contributed by atoms with van der Waals surface area (Å²) in [5.74, 6) is 0.273. The number of nitrogens with one attached hydrogen (secondary N) is 1. The van der Waals surface area contributed by atoms with E-state index in [1.54, 1.807) is 29.1 Å². The van der Waals surface area contributed by atoms with Crippen molar-refractivity contribution in [1.29, 1.82) is 0 Å². The molecule has 2 N–H and O–H groups in total. The Morgan fingerprint density at radius 3 is 2.58 bits per heavy atom. The first kappa shape index (κ1) is 17.2. The van der Waals surface area contributed by atoms with Crippen molar-refractivity contribution in [2.45, 2.75) is 6.73 Å². The van der Waals surface area contributed by atoms with Gasteiger partial charge in [0.2, 0.25) is 5.95 Å². The smallest absolute Gasteiger partial charge is 0.230 e. The highest BCUT2D eigenvalue weighted by molar-refractivity contribution is 6.35. The lowest BCUT2D eigenvalue weighted by atomic mass is 10.3. The van der Waals surface area contributed by atoms with Crippen molar-refractivity contribution in [3.8, 4) is 0 Å². The number of hydrogen-bond donors (Lipinski definition) is 2. The van der Waals surface area contributed by atoms with Crippen LogP contribution in [0.1, 0.15) is 0 Å². The molecule has 3 aromatic rings. The molecule has 0 bridgehead atoms. The van der Waals surface area contributed by atoms with Crippen LogP contribution in [-0.2, 0) is 11.5 Å². The van der Waals surface area contributed by atoms with Crippen molar-refractivity contribution in [3.05, 3.63) is 39.7 Å². The van der Waals surface area contributed by atoms with Gasteiger partial charge in [-0.25, -0.2) is 4.98 Å². The fraction of sp³-hybridized carbons (Fsp3) is 0.214. The Balaban J connectivity index is 1.92. The van der Waals surface area contributed by atoms with E-state index in [9.17, 15) is 0 Å². The second-order valence-electron chi connectivity index (χ2n) is 4.77. The van der Waals surface area contributed by atoms with Crippen LogP contribution in [0.4, 0.5) is 11.6 Å². The van der Waals surface area contributed by atoms with Crippen LogP contribution in [0.2, 0.25) is 15.2 Å². The van der Waals surface area contributed by atoms with Crippen molar-refractivity contribution in [1.82, 2.24) is 19.5 Å². The molecule has 1 aromatic carbocycles. The summed E-state index contributed by atoms with van der Waals surface area (Å²) in [6.07, 6.45) is 1.54. The number of ether oxygens (including phenoxy) is 1. The predicted octanol–water partition coefficient (Wildman–Crippen LogP) is 3.50. The van der Waals surface area contributed by atoms with Gasteiger partial charge >= 0.3 is 0 Å². The maximum atomic E-state index is 8.78. The van der Waals surface area contributed by atoms with Gasteiger partial charge in [0.25, 0.3) is 0 Å². The van der Waals surface area contributed by atoms with Crippen LogP contribution in [0.15, 0.2) is 24.5 Å². The molecule has 126 valence electrons. The first-order chi connectivity index (χ1) is 11.6. The highest BCUT2D eigenvalue weighted by atomic mass is 35.5. The van der Waals surface area contributed by atoms with Crippen LogP contribution in [0, 0.1) is 0 Å². The third kappa shape index (κ3) is 3.88. The molecule has 0 fully saturated rings. The number of imidazole rings is 1. The molecule has 0 aliphatic carbocycles. The van der Waals surface area contributed by atoms with Crippen molar-refractivity contribution in [3.63, 3.8) is 0 Å². The van der Waals surface area contributed by atoms with Crippen LogP contribution in [0.3, 0.4) is 0 Å². The maximum Gasteiger partial charge on any atom is 0.230 e. The SMILES string of the molecule is OCCOCn1cnc2c(Cl)nc(Nc3cc(Cl)cc(Cl)c3)nc21. The molecule has 0 spiro atoms. The molecule has 10 heteroatoms. The number of halogens is 3. The number of fused-ring (bicyclic) bond motifs is 1. The standard InChI is InChI=1S/C14H12Cl3N5O2/c15-8-3-9(16)5-10(4-8)19-14-20-12(17)11-13(21-14)22(6-18-11)7-24-2-1-23/h3-6,23H,1-2,7H2,(H,19,20,21). The van der Waals surface area contributed by atoms with Crippen molar-refractivity contribution < 1.29 is 9.84 Å². The van der Waals surface area contributed by atoms with Gasteiger partial charge in [0.05, 0.1) is 19.5 Å². The van der Waals surface area contributed by atoms with E-state index in [1.165, 1.54) is 0 Å². The van der Waals surface area contributed by atoms with Crippen molar-refractivity contribution in [2.24, 2.45) is 0 Å². The van der Waals surface area contributed by atoms with Gasteiger partial charge in [0, 0.05) is 15.7 Å². The molecule has 2 heterocycles. The monoisotopic (exact) mass is 387 g/mol. The quantitative estimate of drug-likeness (QED) is 0.496. The molecule has 0 aliphatic heterocycles. The number of aromatic nitrogens is 4. The fourth-order valence-electron chi connectivity index (χ4n) is 2.04. The summed E-state index contributed by atoms with van der Waals surface area (Å²) in [5.41, 5.74) is 1.59. The van der Waals surface area contributed by atoms with E-state index in [4.69, 9.17) is 44.6 Å². The van der Waals surface area contributed by atoms with Gasteiger partial charge < -0.3 is 15.2 Å². The second-order valence-corrected chi connectivity index (χ2v) is 6.00. The number of aliphatic hydroxyl groups is 1. The number of benzene rings is 1. The number of nitrogens with zero attached hydrogens (tertiary/aromatic N) is 4. The van der Waals surface area contributed by atoms with Crippen molar-refractivity contribution >= 4 is 57.6 Å². The number of anilines is 2. The summed E-state index contributed by atoms with van der Waals surface area (Å²) in [7, 11) is 0. The third-order valence-electron chi connectivity index (χ3n) is 3.01. The van der Waals surface area contributed by atoms with Gasteiger partial charge in [-0.2, -0.15) is 9.97 Å². The zero-order valence-electron chi connectivity index (χ0n) is 12.2. The normalized spacial score (nSPS) is 11.2. The van der Waals surface area contributed by atoms with Crippen LogP contribution < -0.4 is 5.32 Å². The largest absolute Gasteiger partial charge is 0.394 e. The van der Waals surface area contributed by atoms with Crippen molar-refractivity contribution in [2.75, 3.05) is 18.5 Å². The van der Waals surface area contributed by atoms with Crippen LogP contribution >= 0.6 is 34.8 Å². The van der Waals surface area contributed by atoms with Gasteiger partial charge in [0.1, 0.15) is 12.2 Å². The van der Waals surface area contributed by atoms with Crippen LogP contribution in [0.25, 0.3) is 11.2 Å². The molecule has 0 saturated carbocycles. The van der Waals surface area contributed by atoms with E-state index in [1.807, 2.05) is 0 Å². The Morgan fingerprint density at radius 2 is 1.88 bits per heavy atom. The molecular formula is C14H12Cl3N5O2. The van der Waals surface area contributed by atoms with E-state index in [0.717, 1.165) is 0 Å². The van der Waals surface area contributed by atoms with Gasteiger partial charge in [0.15, 0.2) is 10.8 Å². The van der Waals surface area contributed by atoms with E-state index in [2.05, 4.69) is 20.3 Å². The zero-order chi connectivity index (χ0) is 17.1. The number of aliphatic hydroxyl groups excluding tert-OH is 1. The minimum Gasteiger partial charge on any atom is -0.394 e. The van der Waals surface area contributed by atoms with Gasteiger partial charge in [-0.3, -0.25) is 4.57 Å². The third-order valence-corrected chi connectivity index (χ3v) is 3.71. The van der Waals surface area contributed by atoms with Crippen LogP contribution in [-0.4, -0.2) is 37.8 Å². The van der Waals surface area contributed by atoms with Gasteiger partial charge in [-0.05, 0) is 18.2 Å². The highest BCUT2D eigenvalue weighted by Gasteiger charge is 2.12. The first-order valence-electron chi connectivity index (χ1n) is 6.87. The summed E-state index contributed by atoms with van der Waals surface area (Å²) < 4.78 is 6.94. The Morgan fingerprint density at radius 1 is 1.12 bits per heavy atom. The molecule has 3 rings (SSSR count). The Labute approximate surface area is 152 Å². The molecule has 0 amide bonds. The van der Waals surface area contributed by atoms with Gasteiger partial charge in [-0.1, -0.05) is 34.8 Å². The molecule has 0 radical (unpaired) electrons. The molecular weight excluding hydrogens is 377 g/mol. The van der Waals surface area contributed by atoms with E-state index in [-0.39, 0.29) is 31.0 Å². The molecule has 0 unspecified atom stereocenters. The molecule has 24 heavy (non-hydrogen) atoms. The minimum absolute atomic E-state index is 0.0648. The minimum atomic E-state index is -0.0648. The molecule has 7 nitrogen and oxygen atoms in total. The summed E-state index contributed by atoms with van der Waals surface area (Å²) in [6.45, 7) is 0.335.